The number of halogens is 3. The summed E-state index contributed by atoms with van der Waals surface area (Å²) in [7, 11) is 0. The molecule has 0 aliphatic heterocycles. The lowest BCUT2D eigenvalue weighted by atomic mass is 9.97. The highest BCUT2D eigenvalue weighted by Gasteiger charge is 2.21. The molecule has 1 atom stereocenters. The van der Waals surface area contributed by atoms with E-state index in [2.05, 4.69) is 15.9 Å². The van der Waals surface area contributed by atoms with Crippen molar-refractivity contribution in [3.63, 3.8) is 0 Å². The van der Waals surface area contributed by atoms with Crippen LogP contribution in [0.15, 0.2) is 10.5 Å². The maximum Gasteiger partial charge on any atom is 0.150 e. The van der Waals surface area contributed by atoms with Crippen LogP contribution in [0.5, 0.6) is 5.75 Å². The molecule has 0 amide bonds. The summed E-state index contributed by atoms with van der Waals surface area (Å²) in [6, 6.07) is 0.757. The molecule has 0 aliphatic carbocycles. The molecule has 1 aromatic rings. The van der Waals surface area contributed by atoms with E-state index in [4.69, 9.17) is 17.3 Å². The Hall–Kier alpha value is -0.320. The third-order valence-corrected chi connectivity index (χ3v) is 3.16. The van der Waals surface area contributed by atoms with Crippen LogP contribution in [0.3, 0.4) is 0 Å². The molecule has 90 valence electrons. The second kappa shape index (κ2) is 5.34. The summed E-state index contributed by atoms with van der Waals surface area (Å²) in [6.07, 6.45) is 0.581. The minimum Gasteiger partial charge on any atom is -0.506 e. The smallest absolute Gasteiger partial charge is 0.150 e. The van der Waals surface area contributed by atoms with Gasteiger partial charge in [-0.15, -0.1) is 0 Å². The van der Waals surface area contributed by atoms with Gasteiger partial charge in [0.2, 0.25) is 0 Å². The van der Waals surface area contributed by atoms with E-state index in [1.165, 1.54) is 6.07 Å². The van der Waals surface area contributed by atoms with E-state index in [0.717, 1.165) is 0 Å². The van der Waals surface area contributed by atoms with Crippen molar-refractivity contribution in [2.75, 3.05) is 0 Å². The molecule has 1 unspecified atom stereocenters. The molecule has 0 fully saturated rings. The van der Waals surface area contributed by atoms with Crippen LogP contribution >= 0.6 is 27.5 Å². The first-order valence-electron chi connectivity index (χ1n) is 4.96. The Morgan fingerprint density at radius 2 is 2.12 bits per heavy atom. The molecular weight excluding hydrogens is 296 g/mol. The van der Waals surface area contributed by atoms with E-state index in [1.54, 1.807) is 0 Å². The number of hydrogen-bond donors (Lipinski definition) is 2. The standard InChI is InChI=1S/C11H14BrClFNO/c1-5(2)3-8(15)9-10(14)7(13)4-6(12)11(9)16/h4-5,8,16H,3,15H2,1-2H3. The lowest BCUT2D eigenvalue weighted by molar-refractivity contribution is 0.427. The predicted octanol–water partition coefficient (Wildman–Crippen LogP) is 3.99. The van der Waals surface area contributed by atoms with Gasteiger partial charge in [-0.3, -0.25) is 0 Å². The molecule has 3 N–H and O–H groups in total. The van der Waals surface area contributed by atoms with Gasteiger partial charge in [0.05, 0.1) is 9.50 Å². The van der Waals surface area contributed by atoms with Crippen LogP contribution in [0.25, 0.3) is 0 Å². The largest absolute Gasteiger partial charge is 0.506 e. The first-order chi connectivity index (χ1) is 7.34. The molecule has 0 aliphatic rings. The molecule has 2 nitrogen and oxygen atoms in total. The van der Waals surface area contributed by atoms with Gasteiger partial charge in [0, 0.05) is 11.6 Å². The van der Waals surface area contributed by atoms with Gasteiger partial charge in [0.15, 0.2) is 0 Å². The fourth-order valence-electron chi connectivity index (χ4n) is 1.57. The van der Waals surface area contributed by atoms with Gasteiger partial charge in [-0.1, -0.05) is 25.4 Å². The zero-order valence-electron chi connectivity index (χ0n) is 9.10. The number of benzene rings is 1. The highest BCUT2D eigenvalue weighted by atomic mass is 79.9. The molecular formula is C11H14BrClFNO. The maximum absolute atomic E-state index is 13.8. The first-order valence-corrected chi connectivity index (χ1v) is 6.13. The summed E-state index contributed by atoms with van der Waals surface area (Å²) in [4.78, 5) is 0. The third kappa shape index (κ3) is 2.87. The van der Waals surface area contributed by atoms with Crippen LogP contribution in [-0.2, 0) is 0 Å². The summed E-state index contributed by atoms with van der Waals surface area (Å²) in [5.74, 6) is -0.503. The molecule has 0 aromatic heterocycles. The Kier molecular flexibility index (Phi) is 4.59. The molecule has 1 aromatic carbocycles. The summed E-state index contributed by atoms with van der Waals surface area (Å²) < 4.78 is 14.1. The minimum atomic E-state index is -0.643. The minimum absolute atomic E-state index is 0.0427. The van der Waals surface area contributed by atoms with Crippen molar-refractivity contribution in [3.8, 4) is 5.75 Å². The van der Waals surface area contributed by atoms with Gasteiger partial charge < -0.3 is 10.8 Å². The van der Waals surface area contributed by atoms with E-state index in [0.29, 0.717) is 16.8 Å². The number of phenolic OH excluding ortho intramolecular Hbond substituents is 1. The van der Waals surface area contributed by atoms with Crippen LogP contribution < -0.4 is 5.73 Å². The fourth-order valence-corrected chi connectivity index (χ4v) is 2.35. The van der Waals surface area contributed by atoms with E-state index in [9.17, 15) is 9.50 Å². The maximum atomic E-state index is 13.8. The molecule has 0 saturated carbocycles. The van der Waals surface area contributed by atoms with Gasteiger partial charge in [0.25, 0.3) is 0 Å². The molecule has 5 heteroatoms. The van der Waals surface area contributed by atoms with Crippen molar-refractivity contribution >= 4 is 27.5 Å². The van der Waals surface area contributed by atoms with Crippen molar-refractivity contribution < 1.29 is 9.50 Å². The van der Waals surface area contributed by atoms with Crippen LogP contribution in [0.2, 0.25) is 5.02 Å². The highest BCUT2D eigenvalue weighted by Crippen LogP contribution is 2.38. The Morgan fingerprint density at radius 1 is 1.56 bits per heavy atom. The average Bonchev–Trinajstić information content (AvgIpc) is 2.14. The van der Waals surface area contributed by atoms with Crippen molar-refractivity contribution in [2.45, 2.75) is 26.3 Å². The summed E-state index contributed by atoms with van der Waals surface area (Å²) in [5.41, 5.74) is 5.93. The zero-order chi connectivity index (χ0) is 12.5. The number of nitrogens with two attached hydrogens (primary N) is 1. The highest BCUT2D eigenvalue weighted by molar-refractivity contribution is 9.10. The van der Waals surface area contributed by atoms with Gasteiger partial charge >= 0.3 is 0 Å². The van der Waals surface area contributed by atoms with E-state index >= 15 is 0 Å². The lowest BCUT2D eigenvalue weighted by Gasteiger charge is -2.18. The Morgan fingerprint density at radius 3 is 2.62 bits per heavy atom. The Balaban J connectivity index is 3.21. The van der Waals surface area contributed by atoms with Crippen LogP contribution in [0.1, 0.15) is 31.9 Å². The SMILES string of the molecule is CC(C)CC(N)c1c(O)c(Br)cc(Cl)c1F. The molecule has 0 bridgehead atoms. The van der Waals surface area contributed by atoms with Crippen LogP contribution in [-0.4, -0.2) is 5.11 Å². The molecule has 0 heterocycles. The van der Waals surface area contributed by atoms with E-state index in [-0.39, 0.29) is 16.3 Å². The first kappa shape index (κ1) is 13.7. The van der Waals surface area contributed by atoms with Crippen molar-refractivity contribution in [1.82, 2.24) is 0 Å². The van der Waals surface area contributed by atoms with E-state index in [1.807, 2.05) is 13.8 Å². The van der Waals surface area contributed by atoms with Gasteiger partial charge in [-0.2, -0.15) is 0 Å². The molecule has 0 radical (unpaired) electrons. The molecule has 0 saturated heterocycles. The van der Waals surface area contributed by atoms with E-state index < -0.39 is 11.9 Å². The van der Waals surface area contributed by atoms with Gasteiger partial charge in [-0.25, -0.2) is 4.39 Å². The molecule has 0 spiro atoms. The lowest BCUT2D eigenvalue weighted by Crippen LogP contribution is -2.15. The Labute approximate surface area is 108 Å². The zero-order valence-corrected chi connectivity index (χ0v) is 11.4. The monoisotopic (exact) mass is 309 g/mol. The topological polar surface area (TPSA) is 46.2 Å². The van der Waals surface area contributed by atoms with Gasteiger partial charge in [-0.05, 0) is 34.3 Å². The number of phenols is 1. The summed E-state index contributed by atoms with van der Waals surface area (Å²) in [5, 5.41) is 9.72. The Bertz CT molecular complexity index is 372. The fraction of sp³-hybridized carbons (Fsp3) is 0.455. The predicted molar refractivity (Wildman–Crippen MR) is 67.2 cm³/mol. The summed E-state index contributed by atoms with van der Waals surface area (Å²) >= 11 is 8.81. The second-order valence-electron chi connectivity index (χ2n) is 4.15. The summed E-state index contributed by atoms with van der Waals surface area (Å²) in [6.45, 7) is 3.96. The number of aromatic hydroxyl groups is 1. The normalized spacial score (nSPS) is 13.2. The quantitative estimate of drug-likeness (QED) is 0.829. The van der Waals surface area contributed by atoms with Crippen molar-refractivity contribution in [3.05, 3.63) is 26.9 Å². The van der Waals surface area contributed by atoms with Crippen LogP contribution in [0, 0.1) is 11.7 Å². The molecule has 1 rings (SSSR count). The third-order valence-electron chi connectivity index (χ3n) is 2.28. The van der Waals surface area contributed by atoms with Gasteiger partial charge in [0.1, 0.15) is 11.6 Å². The average molecular weight is 311 g/mol. The number of hydrogen-bond acceptors (Lipinski definition) is 2. The van der Waals surface area contributed by atoms with Crippen molar-refractivity contribution in [2.24, 2.45) is 11.7 Å². The number of rotatable bonds is 3. The van der Waals surface area contributed by atoms with Crippen LogP contribution in [0.4, 0.5) is 4.39 Å². The van der Waals surface area contributed by atoms with Crippen molar-refractivity contribution in [1.29, 1.82) is 0 Å². The second-order valence-corrected chi connectivity index (χ2v) is 5.41. The molecule has 16 heavy (non-hydrogen) atoms.